The Morgan fingerprint density at radius 1 is 0.962 bits per heavy atom. The first-order chi connectivity index (χ1) is 12.5. The zero-order chi connectivity index (χ0) is 18.5. The van der Waals surface area contributed by atoms with E-state index in [-0.39, 0.29) is 5.91 Å². The molecular formula is C20H15ClN2O2S. The maximum Gasteiger partial charge on any atom is 0.248 e. The molecule has 6 heteroatoms. The number of anilines is 1. The standard InChI is InChI=1S/C20H15ClN2O2S/c21-15-5-1-13(2-6-15)18-11-9-17(26-18)10-12-19(24)23-16-7-3-14(4-8-16)20(22)25/h1-12H,(H2,22,25)(H,23,24)/b12-10+. The van der Waals surface area contributed by atoms with E-state index in [1.807, 2.05) is 36.4 Å². The molecule has 1 aromatic heterocycles. The first-order valence-corrected chi connectivity index (χ1v) is 8.95. The van der Waals surface area contributed by atoms with Crippen LogP contribution in [0.2, 0.25) is 5.02 Å². The van der Waals surface area contributed by atoms with Gasteiger partial charge in [-0.25, -0.2) is 0 Å². The number of carbonyl (C=O) groups is 2. The van der Waals surface area contributed by atoms with Gasteiger partial charge in [-0.05, 0) is 60.2 Å². The molecular weight excluding hydrogens is 368 g/mol. The largest absolute Gasteiger partial charge is 0.366 e. The summed E-state index contributed by atoms with van der Waals surface area (Å²) in [6.45, 7) is 0. The average Bonchev–Trinajstić information content (AvgIpc) is 3.10. The quantitative estimate of drug-likeness (QED) is 0.621. The lowest BCUT2D eigenvalue weighted by molar-refractivity contribution is -0.111. The number of nitrogens with one attached hydrogen (secondary N) is 1. The van der Waals surface area contributed by atoms with Gasteiger partial charge >= 0.3 is 0 Å². The summed E-state index contributed by atoms with van der Waals surface area (Å²) < 4.78 is 0. The van der Waals surface area contributed by atoms with Gasteiger partial charge in [0.05, 0.1) is 0 Å². The number of amides is 2. The average molecular weight is 383 g/mol. The van der Waals surface area contributed by atoms with Crippen LogP contribution < -0.4 is 11.1 Å². The van der Waals surface area contributed by atoms with Gasteiger partial charge in [0.25, 0.3) is 0 Å². The minimum atomic E-state index is -0.503. The Balaban J connectivity index is 1.63. The molecule has 130 valence electrons. The summed E-state index contributed by atoms with van der Waals surface area (Å²) in [4.78, 5) is 25.1. The Morgan fingerprint density at radius 3 is 2.31 bits per heavy atom. The van der Waals surface area contributed by atoms with Crippen molar-refractivity contribution in [1.29, 1.82) is 0 Å². The summed E-state index contributed by atoms with van der Waals surface area (Å²) in [7, 11) is 0. The van der Waals surface area contributed by atoms with Crippen molar-refractivity contribution < 1.29 is 9.59 Å². The summed E-state index contributed by atoms with van der Waals surface area (Å²) in [5, 5.41) is 3.44. The van der Waals surface area contributed by atoms with Crippen LogP contribution >= 0.6 is 22.9 Å². The van der Waals surface area contributed by atoms with E-state index in [0.29, 0.717) is 16.3 Å². The molecule has 0 saturated carbocycles. The van der Waals surface area contributed by atoms with Gasteiger partial charge in [-0.2, -0.15) is 0 Å². The third-order valence-electron chi connectivity index (χ3n) is 3.59. The molecule has 0 aliphatic heterocycles. The molecule has 0 aliphatic rings. The van der Waals surface area contributed by atoms with E-state index in [2.05, 4.69) is 5.32 Å². The van der Waals surface area contributed by atoms with E-state index in [0.717, 1.165) is 15.3 Å². The van der Waals surface area contributed by atoms with E-state index in [1.165, 1.54) is 6.08 Å². The zero-order valence-electron chi connectivity index (χ0n) is 13.6. The molecule has 0 radical (unpaired) electrons. The number of hydrogen-bond acceptors (Lipinski definition) is 3. The van der Waals surface area contributed by atoms with Crippen molar-refractivity contribution in [2.24, 2.45) is 5.73 Å². The third kappa shape index (κ3) is 4.59. The Labute approximate surface area is 159 Å². The van der Waals surface area contributed by atoms with E-state index >= 15 is 0 Å². The number of nitrogens with two attached hydrogens (primary N) is 1. The van der Waals surface area contributed by atoms with E-state index < -0.39 is 5.91 Å². The predicted octanol–water partition coefficient (Wildman–Crippen LogP) is 4.82. The molecule has 2 aromatic carbocycles. The minimum Gasteiger partial charge on any atom is -0.366 e. The molecule has 0 fully saturated rings. The number of halogens is 1. The Morgan fingerprint density at radius 2 is 1.65 bits per heavy atom. The molecule has 0 saturated heterocycles. The molecule has 26 heavy (non-hydrogen) atoms. The topological polar surface area (TPSA) is 72.2 Å². The summed E-state index contributed by atoms with van der Waals surface area (Å²) in [6.07, 6.45) is 3.23. The van der Waals surface area contributed by atoms with Crippen molar-refractivity contribution >= 4 is 46.5 Å². The van der Waals surface area contributed by atoms with Crippen LogP contribution in [0.3, 0.4) is 0 Å². The second kappa shape index (κ2) is 7.99. The third-order valence-corrected chi connectivity index (χ3v) is 4.94. The summed E-state index contributed by atoms with van der Waals surface area (Å²) in [6, 6.07) is 18.0. The second-order valence-electron chi connectivity index (χ2n) is 5.47. The van der Waals surface area contributed by atoms with Gasteiger partial charge < -0.3 is 11.1 Å². The highest BCUT2D eigenvalue weighted by Crippen LogP contribution is 2.29. The van der Waals surface area contributed by atoms with Crippen LogP contribution in [0.4, 0.5) is 5.69 Å². The fourth-order valence-electron chi connectivity index (χ4n) is 2.27. The highest BCUT2D eigenvalue weighted by molar-refractivity contribution is 7.16. The van der Waals surface area contributed by atoms with Crippen molar-refractivity contribution in [1.82, 2.24) is 0 Å². The van der Waals surface area contributed by atoms with Crippen molar-refractivity contribution in [2.45, 2.75) is 0 Å². The van der Waals surface area contributed by atoms with Crippen molar-refractivity contribution in [3.63, 3.8) is 0 Å². The number of benzene rings is 2. The highest BCUT2D eigenvalue weighted by atomic mass is 35.5. The lowest BCUT2D eigenvalue weighted by atomic mass is 10.2. The summed E-state index contributed by atoms with van der Waals surface area (Å²) in [5.41, 5.74) is 7.26. The Bertz CT molecular complexity index is 960. The lowest BCUT2D eigenvalue weighted by Gasteiger charge is -2.02. The number of rotatable bonds is 5. The molecule has 3 N–H and O–H groups in total. The first kappa shape index (κ1) is 17.9. The van der Waals surface area contributed by atoms with E-state index in [9.17, 15) is 9.59 Å². The molecule has 2 amide bonds. The fourth-order valence-corrected chi connectivity index (χ4v) is 3.31. The number of thiophene rings is 1. The van der Waals surface area contributed by atoms with E-state index in [1.54, 1.807) is 41.7 Å². The number of primary amides is 1. The van der Waals surface area contributed by atoms with Crippen molar-refractivity contribution in [3.05, 3.63) is 82.2 Å². The predicted molar refractivity (Wildman–Crippen MR) is 107 cm³/mol. The van der Waals surface area contributed by atoms with Crippen LogP contribution in [-0.2, 0) is 4.79 Å². The molecule has 0 atom stereocenters. The van der Waals surface area contributed by atoms with Crippen molar-refractivity contribution in [3.8, 4) is 10.4 Å². The van der Waals surface area contributed by atoms with Crippen LogP contribution in [0.5, 0.6) is 0 Å². The molecule has 3 rings (SSSR count). The lowest BCUT2D eigenvalue weighted by Crippen LogP contribution is -2.11. The minimum absolute atomic E-state index is 0.252. The van der Waals surface area contributed by atoms with Crippen LogP contribution in [0.15, 0.2) is 66.7 Å². The van der Waals surface area contributed by atoms with Gasteiger partial charge in [0.15, 0.2) is 0 Å². The summed E-state index contributed by atoms with van der Waals surface area (Å²) >= 11 is 7.49. The van der Waals surface area contributed by atoms with Crippen LogP contribution in [0.1, 0.15) is 15.2 Å². The van der Waals surface area contributed by atoms with Gasteiger partial charge in [-0.15, -0.1) is 11.3 Å². The molecule has 4 nitrogen and oxygen atoms in total. The van der Waals surface area contributed by atoms with Crippen LogP contribution in [0, 0.1) is 0 Å². The molecule has 3 aromatic rings. The van der Waals surface area contributed by atoms with Gasteiger partial charge in [0, 0.05) is 32.1 Å². The molecule has 1 heterocycles. The van der Waals surface area contributed by atoms with Crippen molar-refractivity contribution in [2.75, 3.05) is 5.32 Å². The molecule has 0 bridgehead atoms. The molecule has 0 unspecified atom stereocenters. The molecule has 0 spiro atoms. The van der Waals surface area contributed by atoms with Gasteiger partial charge in [-0.3, -0.25) is 9.59 Å². The SMILES string of the molecule is NC(=O)c1ccc(NC(=O)/C=C/c2ccc(-c3ccc(Cl)cc3)s2)cc1. The van der Waals surface area contributed by atoms with E-state index in [4.69, 9.17) is 17.3 Å². The molecule has 0 aliphatic carbocycles. The monoisotopic (exact) mass is 382 g/mol. The van der Waals surface area contributed by atoms with Crippen LogP contribution in [0.25, 0.3) is 16.5 Å². The Kier molecular flexibility index (Phi) is 5.51. The first-order valence-electron chi connectivity index (χ1n) is 7.76. The number of hydrogen-bond donors (Lipinski definition) is 2. The maximum atomic E-state index is 12.0. The van der Waals surface area contributed by atoms with Gasteiger partial charge in [0.2, 0.25) is 11.8 Å². The van der Waals surface area contributed by atoms with Gasteiger partial charge in [-0.1, -0.05) is 23.7 Å². The van der Waals surface area contributed by atoms with Gasteiger partial charge in [0.1, 0.15) is 0 Å². The Hall–Kier alpha value is -2.89. The van der Waals surface area contributed by atoms with Crippen LogP contribution in [-0.4, -0.2) is 11.8 Å². The maximum absolute atomic E-state index is 12.0. The zero-order valence-corrected chi connectivity index (χ0v) is 15.2. The highest BCUT2D eigenvalue weighted by Gasteiger charge is 2.03. The summed E-state index contributed by atoms with van der Waals surface area (Å²) in [5.74, 6) is -0.754. The smallest absolute Gasteiger partial charge is 0.248 e. The second-order valence-corrected chi connectivity index (χ2v) is 7.02. The normalized spacial score (nSPS) is 10.8. The fraction of sp³-hybridized carbons (Fsp3) is 0. The number of carbonyl (C=O) groups excluding carboxylic acids is 2.